The van der Waals surface area contributed by atoms with E-state index in [0.29, 0.717) is 13.2 Å². The lowest BCUT2D eigenvalue weighted by Crippen LogP contribution is -1.97. The van der Waals surface area contributed by atoms with Crippen molar-refractivity contribution >= 4 is 11.4 Å². The predicted octanol–water partition coefficient (Wildman–Crippen LogP) is 4.15. The summed E-state index contributed by atoms with van der Waals surface area (Å²) in [4.78, 5) is 0. The van der Waals surface area contributed by atoms with Gasteiger partial charge >= 0.3 is 0 Å². The van der Waals surface area contributed by atoms with Crippen LogP contribution in [0, 0.1) is 0 Å². The molecule has 0 bridgehead atoms. The highest BCUT2D eigenvalue weighted by molar-refractivity contribution is 5.47. The van der Waals surface area contributed by atoms with E-state index in [9.17, 15) is 0 Å². The molecule has 0 spiro atoms. The van der Waals surface area contributed by atoms with Crippen LogP contribution < -0.4 is 0 Å². The fraction of sp³-hybridized carbons (Fsp3) is 0.200. The lowest BCUT2D eigenvalue weighted by atomic mass is 10.2. The van der Waals surface area contributed by atoms with Crippen LogP contribution in [0.2, 0.25) is 0 Å². The van der Waals surface area contributed by atoms with Crippen molar-refractivity contribution in [2.24, 2.45) is 10.2 Å². The monoisotopic (exact) mass is 254 g/mol. The zero-order valence-electron chi connectivity index (χ0n) is 10.4. The number of hydrogen-bond donors (Lipinski definition) is 0. The van der Waals surface area contributed by atoms with Crippen LogP contribution in [-0.4, -0.2) is 13.2 Å². The molecule has 1 aliphatic heterocycles. The largest absolute Gasteiger partial charge is 0.346 e. The first kappa shape index (κ1) is 12.0. The minimum Gasteiger partial charge on any atom is -0.346 e. The predicted molar refractivity (Wildman–Crippen MR) is 71.7 cm³/mol. The van der Waals surface area contributed by atoms with Crippen molar-refractivity contribution in [2.45, 2.75) is 6.29 Å². The maximum Gasteiger partial charge on any atom is 0.186 e. The first-order chi connectivity index (χ1) is 9.43. The zero-order valence-corrected chi connectivity index (χ0v) is 10.4. The Balaban J connectivity index is 1.86. The van der Waals surface area contributed by atoms with Gasteiger partial charge in [0.1, 0.15) is 0 Å². The fourth-order valence-electron chi connectivity index (χ4n) is 1.92. The summed E-state index contributed by atoms with van der Waals surface area (Å²) in [6, 6.07) is 17.4. The van der Waals surface area contributed by atoms with Gasteiger partial charge in [-0.25, -0.2) is 0 Å². The van der Waals surface area contributed by atoms with E-state index < -0.39 is 0 Å². The zero-order chi connectivity index (χ0) is 12.9. The third kappa shape index (κ3) is 2.86. The van der Waals surface area contributed by atoms with Crippen molar-refractivity contribution in [1.82, 2.24) is 0 Å². The van der Waals surface area contributed by atoms with Crippen LogP contribution in [-0.2, 0) is 9.47 Å². The Labute approximate surface area is 111 Å². The van der Waals surface area contributed by atoms with Crippen LogP contribution >= 0.6 is 0 Å². The summed E-state index contributed by atoms with van der Waals surface area (Å²) < 4.78 is 11.0. The van der Waals surface area contributed by atoms with Crippen LogP contribution in [0.25, 0.3) is 0 Å². The van der Waals surface area contributed by atoms with E-state index in [2.05, 4.69) is 10.2 Å². The summed E-state index contributed by atoms with van der Waals surface area (Å²) in [5.41, 5.74) is 2.52. The molecule has 0 aliphatic carbocycles. The van der Waals surface area contributed by atoms with E-state index in [1.807, 2.05) is 54.6 Å². The summed E-state index contributed by atoms with van der Waals surface area (Å²) in [5, 5.41) is 8.51. The highest BCUT2D eigenvalue weighted by Gasteiger charge is 2.20. The molecule has 19 heavy (non-hydrogen) atoms. The summed E-state index contributed by atoms with van der Waals surface area (Å²) >= 11 is 0. The van der Waals surface area contributed by atoms with Crippen molar-refractivity contribution in [3.63, 3.8) is 0 Å². The molecule has 2 aromatic rings. The van der Waals surface area contributed by atoms with Crippen LogP contribution in [0.1, 0.15) is 11.9 Å². The second kappa shape index (κ2) is 5.73. The minimum atomic E-state index is -0.328. The van der Waals surface area contributed by atoms with Gasteiger partial charge in [-0.1, -0.05) is 36.4 Å². The number of ether oxygens (including phenoxy) is 2. The van der Waals surface area contributed by atoms with E-state index in [4.69, 9.17) is 9.47 Å². The molecule has 1 heterocycles. The van der Waals surface area contributed by atoms with Crippen LogP contribution in [0.4, 0.5) is 11.4 Å². The van der Waals surface area contributed by atoms with Gasteiger partial charge in [0, 0.05) is 5.56 Å². The number of benzene rings is 2. The molecule has 4 nitrogen and oxygen atoms in total. The highest BCUT2D eigenvalue weighted by atomic mass is 16.7. The molecule has 3 rings (SSSR count). The topological polar surface area (TPSA) is 43.2 Å². The van der Waals surface area contributed by atoms with Crippen LogP contribution in [0.3, 0.4) is 0 Å². The molecule has 96 valence electrons. The molecule has 0 amide bonds. The van der Waals surface area contributed by atoms with Crippen LogP contribution in [0.5, 0.6) is 0 Å². The van der Waals surface area contributed by atoms with Gasteiger partial charge in [0.05, 0.1) is 24.6 Å². The number of rotatable bonds is 3. The fourth-order valence-corrected chi connectivity index (χ4v) is 1.92. The van der Waals surface area contributed by atoms with Crippen molar-refractivity contribution in [2.75, 3.05) is 13.2 Å². The maximum absolute atomic E-state index is 5.51. The molecule has 2 aromatic carbocycles. The summed E-state index contributed by atoms with van der Waals surface area (Å²) in [5.74, 6) is 0. The number of nitrogens with zero attached hydrogens (tertiary/aromatic N) is 2. The van der Waals surface area contributed by atoms with Crippen molar-refractivity contribution in [3.8, 4) is 0 Å². The van der Waals surface area contributed by atoms with Crippen molar-refractivity contribution < 1.29 is 9.47 Å². The molecule has 4 heteroatoms. The molecule has 0 radical (unpaired) electrons. The van der Waals surface area contributed by atoms with Gasteiger partial charge in [0.25, 0.3) is 0 Å². The van der Waals surface area contributed by atoms with Gasteiger partial charge in [-0.05, 0) is 18.2 Å². The molecule has 0 unspecified atom stereocenters. The lowest BCUT2D eigenvalue weighted by Gasteiger charge is -2.10. The molecule has 1 aliphatic rings. The quantitative estimate of drug-likeness (QED) is 0.772. The van der Waals surface area contributed by atoms with Gasteiger partial charge in [0.15, 0.2) is 6.29 Å². The van der Waals surface area contributed by atoms with E-state index in [-0.39, 0.29) is 6.29 Å². The average Bonchev–Trinajstić information content (AvgIpc) is 3.01. The third-order valence-electron chi connectivity index (χ3n) is 2.84. The third-order valence-corrected chi connectivity index (χ3v) is 2.84. The second-order valence-corrected chi connectivity index (χ2v) is 4.17. The Morgan fingerprint density at radius 2 is 1.47 bits per heavy atom. The number of hydrogen-bond acceptors (Lipinski definition) is 4. The second-order valence-electron chi connectivity index (χ2n) is 4.17. The standard InChI is InChI=1S/C15H14N2O2/c1-2-6-12(7-3-1)16-17-14-9-5-4-8-13(14)15-18-10-11-19-15/h1-9,15H,10-11H2. The molecule has 0 atom stereocenters. The minimum absolute atomic E-state index is 0.328. The molecule has 1 fully saturated rings. The highest BCUT2D eigenvalue weighted by Crippen LogP contribution is 2.32. The summed E-state index contributed by atoms with van der Waals surface area (Å²) in [7, 11) is 0. The molecule has 0 N–H and O–H groups in total. The Morgan fingerprint density at radius 3 is 2.26 bits per heavy atom. The van der Waals surface area contributed by atoms with Gasteiger partial charge in [-0.3, -0.25) is 0 Å². The van der Waals surface area contributed by atoms with Crippen molar-refractivity contribution in [3.05, 3.63) is 60.2 Å². The molecule has 0 saturated carbocycles. The van der Waals surface area contributed by atoms with E-state index >= 15 is 0 Å². The maximum atomic E-state index is 5.51. The van der Waals surface area contributed by atoms with Gasteiger partial charge in [-0.15, -0.1) is 0 Å². The first-order valence-electron chi connectivity index (χ1n) is 6.22. The molecule has 1 saturated heterocycles. The lowest BCUT2D eigenvalue weighted by molar-refractivity contribution is -0.0436. The Hall–Kier alpha value is -2.04. The Morgan fingerprint density at radius 1 is 0.789 bits per heavy atom. The van der Waals surface area contributed by atoms with Gasteiger partial charge in [-0.2, -0.15) is 10.2 Å². The van der Waals surface area contributed by atoms with Crippen LogP contribution in [0.15, 0.2) is 64.8 Å². The van der Waals surface area contributed by atoms with E-state index in [0.717, 1.165) is 16.9 Å². The van der Waals surface area contributed by atoms with E-state index in [1.54, 1.807) is 0 Å². The SMILES string of the molecule is c1ccc(N=Nc2ccccc2C2OCCO2)cc1. The summed E-state index contributed by atoms with van der Waals surface area (Å²) in [6.07, 6.45) is -0.328. The number of azo groups is 1. The Kier molecular flexibility index (Phi) is 3.63. The van der Waals surface area contributed by atoms with E-state index in [1.165, 1.54) is 0 Å². The molecular formula is C15H14N2O2. The average molecular weight is 254 g/mol. The smallest absolute Gasteiger partial charge is 0.186 e. The molecule has 0 aromatic heterocycles. The van der Waals surface area contributed by atoms with Gasteiger partial charge in [0.2, 0.25) is 0 Å². The van der Waals surface area contributed by atoms with Crippen molar-refractivity contribution in [1.29, 1.82) is 0 Å². The van der Waals surface area contributed by atoms with Gasteiger partial charge < -0.3 is 9.47 Å². The Bertz CT molecular complexity index is 563. The molecular weight excluding hydrogens is 240 g/mol. The normalized spacial score (nSPS) is 16.2. The first-order valence-corrected chi connectivity index (χ1v) is 6.22. The summed E-state index contributed by atoms with van der Waals surface area (Å²) in [6.45, 7) is 1.24.